The molecule has 0 nitrogen and oxygen atoms in total. The maximum Gasteiger partial charge on any atom is 2.00 e. The SMILES string of the molecule is [Br-].[C-]#CC1CC1.[Mg+2]. The molecule has 0 unspecified atom stereocenters. The summed E-state index contributed by atoms with van der Waals surface area (Å²) in [5.41, 5.74) is 0. The van der Waals surface area contributed by atoms with E-state index in [0.29, 0.717) is 5.92 Å². The van der Waals surface area contributed by atoms with Crippen molar-refractivity contribution in [3.05, 3.63) is 6.42 Å². The average Bonchev–Trinajstić information content (AvgIpc) is 2.12. The molecule has 0 N–H and O–H groups in total. The van der Waals surface area contributed by atoms with Gasteiger partial charge in [0, 0.05) is 0 Å². The van der Waals surface area contributed by atoms with Crippen LogP contribution in [0.2, 0.25) is 0 Å². The van der Waals surface area contributed by atoms with Crippen LogP contribution in [0.15, 0.2) is 0 Å². The van der Waals surface area contributed by atoms with Crippen molar-refractivity contribution >= 4 is 23.1 Å². The van der Waals surface area contributed by atoms with Gasteiger partial charge in [0.25, 0.3) is 0 Å². The molecule has 1 saturated carbocycles. The van der Waals surface area contributed by atoms with Gasteiger partial charge in [0.1, 0.15) is 0 Å². The monoisotopic (exact) mass is 168 g/mol. The summed E-state index contributed by atoms with van der Waals surface area (Å²) in [6.45, 7) is 0. The molecule has 0 aliphatic heterocycles. The Morgan fingerprint density at radius 1 is 1.43 bits per heavy atom. The van der Waals surface area contributed by atoms with E-state index < -0.39 is 0 Å². The number of rotatable bonds is 0. The average molecular weight is 169 g/mol. The molecule has 0 saturated heterocycles. The van der Waals surface area contributed by atoms with Crippen LogP contribution in [-0.4, -0.2) is 23.1 Å². The maximum atomic E-state index is 6.47. The Morgan fingerprint density at radius 3 is 1.86 bits per heavy atom. The molecule has 0 aromatic heterocycles. The molecule has 0 amide bonds. The number of halogens is 1. The second-order valence-electron chi connectivity index (χ2n) is 1.42. The van der Waals surface area contributed by atoms with Crippen molar-refractivity contribution in [2.24, 2.45) is 5.92 Å². The van der Waals surface area contributed by atoms with E-state index in [0.717, 1.165) is 0 Å². The van der Waals surface area contributed by atoms with E-state index in [1.54, 1.807) is 0 Å². The van der Waals surface area contributed by atoms with Crippen molar-refractivity contribution < 1.29 is 17.0 Å². The van der Waals surface area contributed by atoms with Crippen molar-refractivity contribution in [1.29, 1.82) is 0 Å². The summed E-state index contributed by atoms with van der Waals surface area (Å²) in [6, 6.07) is 0. The summed E-state index contributed by atoms with van der Waals surface area (Å²) in [6.07, 6.45) is 8.89. The Labute approximate surface area is 71.0 Å². The molecular formula is C5H5BrMg. The molecule has 0 bridgehead atoms. The zero-order valence-electron chi connectivity index (χ0n) is 4.08. The van der Waals surface area contributed by atoms with Crippen LogP contribution >= 0.6 is 0 Å². The van der Waals surface area contributed by atoms with Gasteiger partial charge in [0.2, 0.25) is 0 Å². The molecule has 0 spiro atoms. The minimum absolute atomic E-state index is 0. The first-order valence-corrected chi connectivity index (χ1v) is 1.86. The van der Waals surface area contributed by atoms with Gasteiger partial charge in [-0.1, -0.05) is 0 Å². The van der Waals surface area contributed by atoms with Gasteiger partial charge in [0.05, 0.1) is 0 Å². The third-order valence-corrected chi connectivity index (χ3v) is 0.781. The fourth-order valence-corrected chi connectivity index (χ4v) is 0.228. The van der Waals surface area contributed by atoms with Crippen LogP contribution in [0.1, 0.15) is 12.8 Å². The van der Waals surface area contributed by atoms with Crippen LogP contribution in [0.5, 0.6) is 0 Å². The van der Waals surface area contributed by atoms with Gasteiger partial charge in [-0.25, -0.2) is 0 Å². The summed E-state index contributed by atoms with van der Waals surface area (Å²) < 4.78 is 0. The maximum absolute atomic E-state index is 6.47. The van der Waals surface area contributed by atoms with Crippen LogP contribution in [0.4, 0.5) is 0 Å². The van der Waals surface area contributed by atoms with Crippen molar-refractivity contribution in [2.45, 2.75) is 12.8 Å². The zero-order valence-corrected chi connectivity index (χ0v) is 7.08. The van der Waals surface area contributed by atoms with Gasteiger partial charge in [-0.3, -0.25) is 0 Å². The molecule has 34 valence electrons. The molecule has 0 heterocycles. The quantitative estimate of drug-likeness (QED) is 0.216. The molecule has 0 aromatic carbocycles. The van der Waals surface area contributed by atoms with E-state index in [-0.39, 0.29) is 40.0 Å². The molecule has 7 heavy (non-hydrogen) atoms. The minimum atomic E-state index is 0. The zero-order chi connectivity index (χ0) is 3.70. The second-order valence-corrected chi connectivity index (χ2v) is 1.42. The van der Waals surface area contributed by atoms with E-state index in [1.165, 1.54) is 12.8 Å². The van der Waals surface area contributed by atoms with Gasteiger partial charge >= 0.3 is 23.1 Å². The van der Waals surface area contributed by atoms with Crippen molar-refractivity contribution in [3.8, 4) is 5.92 Å². The fourth-order valence-electron chi connectivity index (χ4n) is 0.228. The molecule has 0 atom stereocenters. The first-order chi connectivity index (χ1) is 2.43. The molecule has 0 radical (unpaired) electrons. The summed E-state index contributed by atoms with van der Waals surface area (Å²) in [5, 5.41) is 0. The van der Waals surface area contributed by atoms with Crippen molar-refractivity contribution in [3.63, 3.8) is 0 Å². The van der Waals surface area contributed by atoms with Gasteiger partial charge in [-0.2, -0.15) is 0 Å². The predicted molar refractivity (Wildman–Crippen MR) is 25.6 cm³/mol. The third-order valence-electron chi connectivity index (χ3n) is 0.781. The van der Waals surface area contributed by atoms with Crippen LogP contribution in [0.25, 0.3) is 0 Å². The van der Waals surface area contributed by atoms with Gasteiger partial charge in [-0.15, -0.1) is 0 Å². The van der Waals surface area contributed by atoms with E-state index in [1.807, 2.05) is 0 Å². The third kappa shape index (κ3) is 4.66. The van der Waals surface area contributed by atoms with Crippen LogP contribution in [-0.2, 0) is 0 Å². The van der Waals surface area contributed by atoms with Crippen LogP contribution in [0, 0.1) is 18.3 Å². The number of hydrogen-bond acceptors (Lipinski definition) is 0. The first kappa shape index (κ1) is 10.7. The van der Waals surface area contributed by atoms with Crippen LogP contribution in [0.3, 0.4) is 0 Å². The van der Waals surface area contributed by atoms with E-state index in [9.17, 15) is 0 Å². The smallest absolute Gasteiger partial charge is 1.00 e. The molecular weight excluding hydrogens is 164 g/mol. The summed E-state index contributed by atoms with van der Waals surface area (Å²) in [7, 11) is 0. The standard InChI is InChI=1S/C5H5.BrH.Mg/c1-2-5-3-4-5;;/h5H,3-4H2;1H;/q-1;;+2/p-1. The normalized spacial score (nSPS) is 15.3. The minimum Gasteiger partial charge on any atom is -1.00 e. The molecule has 0 aromatic rings. The Kier molecular flexibility index (Phi) is 7.59. The van der Waals surface area contributed by atoms with Crippen molar-refractivity contribution in [1.82, 2.24) is 0 Å². The van der Waals surface area contributed by atoms with Gasteiger partial charge in [0.15, 0.2) is 0 Å². The first-order valence-electron chi connectivity index (χ1n) is 1.86. The molecule has 1 aliphatic rings. The Bertz CT molecular complexity index is 70.6. The molecule has 2 heteroatoms. The fraction of sp³-hybridized carbons (Fsp3) is 0.600. The summed E-state index contributed by atoms with van der Waals surface area (Å²) in [5.74, 6) is 2.94. The molecule has 1 aliphatic carbocycles. The molecule has 1 rings (SSSR count). The summed E-state index contributed by atoms with van der Waals surface area (Å²) in [4.78, 5) is 0. The largest absolute Gasteiger partial charge is 2.00 e. The predicted octanol–water partition coefficient (Wildman–Crippen LogP) is -2.39. The van der Waals surface area contributed by atoms with E-state index >= 15 is 0 Å². The van der Waals surface area contributed by atoms with Gasteiger partial charge in [-0.05, 0) is 18.8 Å². The Balaban J connectivity index is 0. The topological polar surface area (TPSA) is 0 Å². The second kappa shape index (κ2) is 4.95. The summed E-state index contributed by atoms with van der Waals surface area (Å²) >= 11 is 0. The Hall–Kier alpha value is 0.806. The van der Waals surface area contributed by atoms with E-state index in [2.05, 4.69) is 5.92 Å². The van der Waals surface area contributed by atoms with Crippen molar-refractivity contribution in [2.75, 3.05) is 0 Å². The molecule has 1 fully saturated rings. The van der Waals surface area contributed by atoms with Crippen LogP contribution < -0.4 is 17.0 Å². The van der Waals surface area contributed by atoms with E-state index in [4.69, 9.17) is 6.42 Å². The Morgan fingerprint density at radius 2 is 1.86 bits per heavy atom. The number of hydrogen-bond donors (Lipinski definition) is 0. The van der Waals surface area contributed by atoms with Gasteiger partial charge < -0.3 is 29.3 Å².